The lowest BCUT2D eigenvalue weighted by atomic mass is 10.1. The normalized spacial score (nSPS) is 12.6. The van der Waals surface area contributed by atoms with E-state index in [0.29, 0.717) is 17.9 Å². The highest BCUT2D eigenvalue weighted by atomic mass is 16.5. The van der Waals surface area contributed by atoms with Gasteiger partial charge in [-0.1, -0.05) is 49.4 Å². The molecule has 3 rings (SSSR count). The van der Waals surface area contributed by atoms with Crippen molar-refractivity contribution in [3.8, 4) is 11.5 Å². The van der Waals surface area contributed by atoms with E-state index in [0.717, 1.165) is 16.3 Å². The van der Waals surface area contributed by atoms with Crippen LogP contribution in [0.15, 0.2) is 66.7 Å². The summed E-state index contributed by atoms with van der Waals surface area (Å²) >= 11 is 0. The summed E-state index contributed by atoms with van der Waals surface area (Å²) in [7, 11) is 0. The van der Waals surface area contributed by atoms with E-state index in [-0.39, 0.29) is 0 Å². The van der Waals surface area contributed by atoms with Gasteiger partial charge in [-0.25, -0.2) is 0 Å². The van der Waals surface area contributed by atoms with Crippen molar-refractivity contribution in [3.05, 3.63) is 72.3 Å². The molecule has 6 heteroatoms. The molecule has 0 saturated carbocycles. The summed E-state index contributed by atoms with van der Waals surface area (Å²) in [5.74, 6) is 0.306. The van der Waals surface area contributed by atoms with Crippen LogP contribution in [0.4, 0.5) is 0 Å². The smallest absolute Gasteiger partial charge is 0.279 e. The van der Waals surface area contributed by atoms with E-state index in [1.54, 1.807) is 13.0 Å². The number of nitrogens with one attached hydrogen (secondary N) is 2. The molecule has 0 fully saturated rings. The Kier molecular flexibility index (Phi) is 6.91. The van der Waals surface area contributed by atoms with Crippen LogP contribution in [-0.4, -0.2) is 24.0 Å². The van der Waals surface area contributed by atoms with Gasteiger partial charge >= 0.3 is 0 Å². The van der Waals surface area contributed by atoms with Crippen molar-refractivity contribution < 1.29 is 19.1 Å². The molecule has 0 unspecified atom stereocenters. The first kappa shape index (κ1) is 21.2. The number of ether oxygens (including phenoxy) is 2. The summed E-state index contributed by atoms with van der Waals surface area (Å²) in [5, 5.41) is 2.11. The van der Waals surface area contributed by atoms with Crippen LogP contribution in [0.1, 0.15) is 25.8 Å². The fourth-order valence-corrected chi connectivity index (χ4v) is 2.98. The van der Waals surface area contributed by atoms with Gasteiger partial charge in [0.25, 0.3) is 11.8 Å². The molecule has 30 heavy (non-hydrogen) atoms. The van der Waals surface area contributed by atoms with Gasteiger partial charge in [0.2, 0.25) is 0 Å². The molecule has 6 nitrogen and oxygen atoms in total. The minimum Gasteiger partial charge on any atom is -0.481 e. The third-order valence-electron chi connectivity index (χ3n) is 4.64. The lowest BCUT2D eigenvalue weighted by Gasteiger charge is -2.19. The van der Waals surface area contributed by atoms with Crippen molar-refractivity contribution in [3.63, 3.8) is 0 Å². The Balaban J connectivity index is 1.53. The van der Waals surface area contributed by atoms with Crippen LogP contribution in [0.5, 0.6) is 11.5 Å². The van der Waals surface area contributed by atoms with E-state index >= 15 is 0 Å². The zero-order chi connectivity index (χ0) is 21.5. The van der Waals surface area contributed by atoms with Crippen molar-refractivity contribution in [2.75, 3.05) is 0 Å². The van der Waals surface area contributed by atoms with Gasteiger partial charge in [0, 0.05) is 0 Å². The van der Waals surface area contributed by atoms with Crippen LogP contribution >= 0.6 is 0 Å². The fourth-order valence-electron chi connectivity index (χ4n) is 2.98. The highest BCUT2D eigenvalue weighted by Crippen LogP contribution is 2.21. The standard InChI is InChI=1S/C24H26N2O4/c1-4-22(30-20-11-7-8-16(2)14-20)24(28)26-25-23(27)17(3)29-21-13-12-18-9-5-6-10-19(18)15-21/h5-15,17,22H,4H2,1-3H3,(H,25,27)(H,26,28)/t17-,22-/m1/s1. The zero-order valence-corrected chi connectivity index (χ0v) is 17.3. The SMILES string of the molecule is CC[C@@H](Oc1cccc(C)c1)C(=O)NNC(=O)[C@@H](C)Oc1ccc2ccccc2c1. The molecule has 156 valence electrons. The first-order valence-electron chi connectivity index (χ1n) is 9.94. The maximum Gasteiger partial charge on any atom is 0.279 e. The lowest BCUT2D eigenvalue weighted by molar-refractivity contribution is -0.135. The summed E-state index contributed by atoms with van der Waals surface area (Å²) in [6.07, 6.45) is -1.05. The van der Waals surface area contributed by atoms with E-state index in [9.17, 15) is 9.59 Å². The predicted octanol–water partition coefficient (Wildman–Crippen LogP) is 3.92. The molecular formula is C24H26N2O4. The van der Waals surface area contributed by atoms with E-state index in [1.807, 2.05) is 74.5 Å². The first-order chi connectivity index (χ1) is 14.5. The molecule has 0 bridgehead atoms. The second-order valence-corrected chi connectivity index (χ2v) is 7.08. The molecule has 0 aliphatic rings. The topological polar surface area (TPSA) is 76.7 Å². The molecule has 3 aromatic rings. The molecule has 0 saturated heterocycles. The predicted molar refractivity (Wildman–Crippen MR) is 116 cm³/mol. The Hall–Kier alpha value is -3.54. The van der Waals surface area contributed by atoms with E-state index < -0.39 is 24.0 Å². The molecule has 2 N–H and O–H groups in total. The van der Waals surface area contributed by atoms with Crippen molar-refractivity contribution in [2.24, 2.45) is 0 Å². The maximum absolute atomic E-state index is 12.4. The molecule has 3 aromatic carbocycles. The molecule has 2 amide bonds. The van der Waals surface area contributed by atoms with E-state index in [1.165, 1.54) is 0 Å². The molecule has 0 aliphatic heterocycles. The molecule has 0 aromatic heterocycles. The quantitative estimate of drug-likeness (QED) is 0.583. The van der Waals surface area contributed by atoms with E-state index in [4.69, 9.17) is 9.47 Å². The molecule has 0 radical (unpaired) electrons. The average molecular weight is 406 g/mol. The Morgan fingerprint density at radius 3 is 2.27 bits per heavy atom. The van der Waals surface area contributed by atoms with Crippen molar-refractivity contribution >= 4 is 22.6 Å². The van der Waals surface area contributed by atoms with Crippen LogP contribution in [0, 0.1) is 6.92 Å². The number of benzene rings is 3. The van der Waals surface area contributed by atoms with Gasteiger partial charge in [0.05, 0.1) is 0 Å². The van der Waals surface area contributed by atoms with Gasteiger partial charge in [-0.05, 0) is 60.9 Å². The van der Waals surface area contributed by atoms with Crippen LogP contribution in [0.3, 0.4) is 0 Å². The highest BCUT2D eigenvalue weighted by Gasteiger charge is 2.21. The first-order valence-corrected chi connectivity index (χ1v) is 9.94. The molecule has 2 atom stereocenters. The number of hydrogen-bond donors (Lipinski definition) is 2. The summed E-state index contributed by atoms with van der Waals surface area (Å²) in [5.41, 5.74) is 5.87. The van der Waals surface area contributed by atoms with Crippen LogP contribution in [0.25, 0.3) is 10.8 Å². The minimum atomic E-state index is -0.788. The Morgan fingerprint density at radius 2 is 1.53 bits per heavy atom. The van der Waals surface area contributed by atoms with E-state index in [2.05, 4.69) is 10.9 Å². The molecular weight excluding hydrogens is 380 g/mol. The van der Waals surface area contributed by atoms with Crippen molar-refractivity contribution in [1.29, 1.82) is 0 Å². The monoisotopic (exact) mass is 406 g/mol. The molecule has 0 heterocycles. The number of rotatable bonds is 7. The number of hydrogen-bond acceptors (Lipinski definition) is 4. The van der Waals surface area contributed by atoms with Gasteiger partial charge < -0.3 is 9.47 Å². The number of amides is 2. The summed E-state index contributed by atoms with van der Waals surface area (Å²) in [6, 6.07) is 21.0. The number of hydrazine groups is 1. The summed E-state index contributed by atoms with van der Waals surface area (Å²) in [4.78, 5) is 24.7. The molecule has 0 aliphatic carbocycles. The minimum absolute atomic E-state index is 0.426. The number of fused-ring (bicyclic) bond motifs is 1. The largest absolute Gasteiger partial charge is 0.481 e. The van der Waals surface area contributed by atoms with Crippen molar-refractivity contribution in [1.82, 2.24) is 10.9 Å². The summed E-state index contributed by atoms with van der Waals surface area (Å²) in [6.45, 7) is 5.41. The third kappa shape index (κ3) is 5.50. The van der Waals surface area contributed by atoms with Gasteiger partial charge in [-0.2, -0.15) is 0 Å². The van der Waals surface area contributed by atoms with Crippen molar-refractivity contribution in [2.45, 2.75) is 39.4 Å². The van der Waals surface area contributed by atoms with Crippen LogP contribution < -0.4 is 20.3 Å². The van der Waals surface area contributed by atoms with Gasteiger partial charge in [-0.3, -0.25) is 20.4 Å². The highest BCUT2D eigenvalue weighted by molar-refractivity contribution is 5.87. The third-order valence-corrected chi connectivity index (χ3v) is 4.64. The van der Waals surface area contributed by atoms with Gasteiger partial charge in [0.15, 0.2) is 12.2 Å². The zero-order valence-electron chi connectivity index (χ0n) is 17.3. The summed E-state index contributed by atoms with van der Waals surface area (Å²) < 4.78 is 11.5. The fraction of sp³-hybridized carbons (Fsp3) is 0.250. The Morgan fingerprint density at radius 1 is 0.833 bits per heavy atom. The van der Waals surface area contributed by atoms with Gasteiger partial charge in [0.1, 0.15) is 11.5 Å². The van der Waals surface area contributed by atoms with Crippen LogP contribution in [-0.2, 0) is 9.59 Å². The lowest BCUT2D eigenvalue weighted by Crippen LogP contribution is -2.51. The van der Waals surface area contributed by atoms with Crippen LogP contribution in [0.2, 0.25) is 0 Å². The Bertz CT molecular complexity index is 1030. The van der Waals surface area contributed by atoms with Gasteiger partial charge in [-0.15, -0.1) is 0 Å². The second-order valence-electron chi connectivity index (χ2n) is 7.08. The number of carbonyl (C=O) groups is 2. The average Bonchev–Trinajstić information content (AvgIpc) is 2.75. The second kappa shape index (κ2) is 9.78. The molecule has 0 spiro atoms. The number of aryl methyl sites for hydroxylation is 1. The Labute approximate surface area is 176 Å². The maximum atomic E-state index is 12.4. The number of carbonyl (C=O) groups excluding carboxylic acids is 2.